The number of rotatable bonds is 1. The Hall–Kier alpha value is -1.89. The van der Waals surface area contributed by atoms with Gasteiger partial charge in [0.1, 0.15) is 12.1 Å². The highest BCUT2D eigenvalue weighted by Gasteiger charge is 1.94. The number of carbonyl (C=O) groups is 1. The third-order valence-corrected chi connectivity index (χ3v) is 1.39. The lowest BCUT2D eigenvalue weighted by molar-refractivity contribution is -0.139. The molecule has 0 spiro atoms. The molecule has 1 heterocycles. The fraction of sp³-hybridized carbons (Fsp3) is 0.200. The van der Waals surface area contributed by atoms with Gasteiger partial charge in [-0.25, -0.2) is 4.98 Å². The molecule has 0 atom stereocenters. The molecule has 1 rings (SSSR count). The van der Waals surface area contributed by atoms with E-state index in [4.69, 9.17) is 0 Å². The predicted octanol–water partition coefficient (Wildman–Crippen LogP) is 1.14. The van der Waals surface area contributed by atoms with Crippen LogP contribution < -0.4 is 0 Å². The number of methoxy groups -OCH3 is 1. The molecule has 72 valence electrons. The van der Waals surface area contributed by atoms with Crippen LogP contribution in [-0.4, -0.2) is 18.1 Å². The highest BCUT2D eigenvalue weighted by molar-refractivity contribution is 5.72. The van der Waals surface area contributed by atoms with Crippen LogP contribution in [0.1, 0.15) is 12.1 Å². The van der Waals surface area contributed by atoms with E-state index in [1.807, 2.05) is 0 Å². The molecule has 0 aliphatic heterocycles. The van der Waals surface area contributed by atoms with Gasteiger partial charge in [0.2, 0.25) is 5.95 Å². The Morgan fingerprint density at radius 2 is 2.43 bits per heavy atom. The van der Waals surface area contributed by atoms with Gasteiger partial charge in [0, 0.05) is 0 Å². The van der Waals surface area contributed by atoms with Crippen molar-refractivity contribution in [1.29, 1.82) is 0 Å². The van der Waals surface area contributed by atoms with Crippen LogP contribution >= 0.6 is 0 Å². The molecule has 14 heavy (non-hydrogen) atoms. The maximum absolute atomic E-state index is 12.5. The predicted molar refractivity (Wildman–Crippen MR) is 47.7 cm³/mol. The fourth-order valence-electron chi connectivity index (χ4n) is 0.757. The average molecular weight is 193 g/mol. The van der Waals surface area contributed by atoms with Crippen LogP contribution in [-0.2, 0) is 9.53 Å². The first-order valence-electron chi connectivity index (χ1n) is 3.90. The largest absolute Gasteiger partial charge is 0.468 e. The Morgan fingerprint density at radius 3 is 3.07 bits per heavy atom. The second-order valence-corrected chi connectivity index (χ2v) is 2.40. The first-order valence-corrected chi connectivity index (χ1v) is 3.90. The van der Waals surface area contributed by atoms with Crippen molar-refractivity contribution in [3.63, 3.8) is 0 Å². The van der Waals surface area contributed by atoms with Crippen LogP contribution in [0.2, 0.25) is 0 Å². The smallest absolute Gasteiger partial charge is 0.317 e. The molecule has 4 heteroatoms. The molecule has 0 aliphatic carbocycles. The van der Waals surface area contributed by atoms with E-state index < -0.39 is 11.9 Å². The SMILES string of the molecule is COC(=O)CC#Cc1cccc(F)n1. The van der Waals surface area contributed by atoms with Gasteiger partial charge in [-0.15, -0.1) is 0 Å². The molecule has 1 aromatic rings. The van der Waals surface area contributed by atoms with Crippen LogP contribution in [0, 0.1) is 17.8 Å². The van der Waals surface area contributed by atoms with E-state index in [1.54, 1.807) is 6.07 Å². The minimum atomic E-state index is -0.588. The number of carbonyl (C=O) groups excluding carboxylic acids is 1. The lowest BCUT2D eigenvalue weighted by atomic mass is 10.3. The molecule has 3 nitrogen and oxygen atoms in total. The van der Waals surface area contributed by atoms with Gasteiger partial charge in [-0.1, -0.05) is 12.0 Å². The maximum Gasteiger partial charge on any atom is 0.317 e. The molecule has 0 aliphatic rings. The van der Waals surface area contributed by atoms with Crippen LogP contribution in [0.15, 0.2) is 18.2 Å². The third kappa shape index (κ3) is 3.23. The van der Waals surface area contributed by atoms with Gasteiger partial charge in [0.05, 0.1) is 7.11 Å². The summed E-state index contributed by atoms with van der Waals surface area (Å²) >= 11 is 0. The molecule has 0 amide bonds. The van der Waals surface area contributed by atoms with Gasteiger partial charge < -0.3 is 4.74 Å². The first-order chi connectivity index (χ1) is 6.72. The van der Waals surface area contributed by atoms with E-state index >= 15 is 0 Å². The standard InChI is InChI=1S/C10H8FNO2/c1-14-10(13)7-3-5-8-4-2-6-9(11)12-8/h2,4,6H,7H2,1H3. The molecule has 1 aromatic heterocycles. The molecular formula is C10H8FNO2. The minimum Gasteiger partial charge on any atom is -0.468 e. The highest BCUT2D eigenvalue weighted by atomic mass is 19.1. The van der Waals surface area contributed by atoms with Crippen LogP contribution in [0.25, 0.3) is 0 Å². The number of hydrogen-bond donors (Lipinski definition) is 0. The highest BCUT2D eigenvalue weighted by Crippen LogP contribution is 1.95. The topological polar surface area (TPSA) is 39.2 Å². The number of aromatic nitrogens is 1. The summed E-state index contributed by atoms with van der Waals surface area (Å²) in [6.45, 7) is 0. The molecule has 0 unspecified atom stereocenters. The van der Waals surface area contributed by atoms with Crippen molar-refractivity contribution in [3.05, 3.63) is 29.8 Å². The Morgan fingerprint density at radius 1 is 1.64 bits per heavy atom. The van der Waals surface area contributed by atoms with E-state index in [0.29, 0.717) is 5.69 Å². The van der Waals surface area contributed by atoms with E-state index in [1.165, 1.54) is 19.2 Å². The normalized spacial score (nSPS) is 8.71. The van der Waals surface area contributed by atoms with Crippen molar-refractivity contribution in [2.75, 3.05) is 7.11 Å². The summed E-state index contributed by atoms with van der Waals surface area (Å²) in [6, 6.07) is 4.29. The van der Waals surface area contributed by atoms with Crippen molar-refractivity contribution in [2.24, 2.45) is 0 Å². The van der Waals surface area contributed by atoms with Gasteiger partial charge in [0.15, 0.2) is 0 Å². The molecule has 0 aromatic carbocycles. The maximum atomic E-state index is 12.5. The number of halogens is 1. The zero-order chi connectivity index (χ0) is 10.4. The summed E-state index contributed by atoms with van der Waals surface area (Å²) in [6.07, 6.45) is -0.0192. The lowest BCUT2D eigenvalue weighted by Gasteiger charge is -1.90. The summed E-state index contributed by atoms with van der Waals surface area (Å²) in [7, 11) is 1.28. The van der Waals surface area contributed by atoms with Gasteiger partial charge in [-0.05, 0) is 18.1 Å². The van der Waals surface area contributed by atoms with Crippen molar-refractivity contribution < 1.29 is 13.9 Å². The van der Waals surface area contributed by atoms with E-state index in [0.717, 1.165) is 0 Å². The number of ether oxygens (including phenoxy) is 1. The summed E-state index contributed by atoms with van der Waals surface area (Å²) in [5.74, 6) is 4.06. The molecule has 0 saturated carbocycles. The van der Waals surface area contributed by atoms with Gasteiger partial charge in [0.25, 0.3) is 0 Å². The molecule has 0 saturated heterocycles. The van der Waals surface area contributed by atoms with Crippen molar-refractivity contribution in [2.45, 2.75) is 6.42 Å². The van der Waals surface area contributed by atoms with E-state index in [2.05, 4.69) is 21.6 Å². The molecule has 0 N–H and O–H groups in total. The summed E-state index contributed by atoms with van der Waals surface area (Å²) in [5, 5.41) is 0. The Labute approximate surface area is 80.9 Å². The number of esters is 1. The van der Waals surface area contributed by atoms with Gasteiger partial charge in [-0.3, -0.25) is 4.79 Å². The summed E-state index contributed by atoms with van der Waals surface area (Å²) < 4.78 is 16.9. The second kappa shape index (κ2) is 4.97. The van der Waals surface area contributed by atoms with Crippen molar-refractivity contribution in [1.82, 2.24) is 4.98 Å². The Balaban J connectivity index is 2.64. The quantitative estimate of drug-likeness (QED) is 0.381. The summed E-state index contributed by atoms with van der Waals surface area (Å²) in [4.78, 5) is 14.2. The zero-order valence-electron chi connectivity index (χ0n) is 7.58. The number of pyridine rings is 1. The Kier molecular flexibility index (Phi) is 3.62. The van der Waals surface area contributed by atoms with Crippen LogP contribution in [0.4, 0.5) is 4.39 Å². The zero-order valence-corrected chi connectivity index (χ0v) is 7.58. The van der Waals surface area contributed by atoms with Crippen molar-refractivity contribution >= 4 is 5.97 Å². The summed E-state index contributed by atoms with van der Waals surface area (Å²) in [5.41, 5.74) is 0.300. The Bertz CT molecular complexity index is 393. The lowest BCUT2D eigenvalue weighted by Crippen LogP contribution is -1.97. The number of hydrogen-bond acceptors (Lipinski definition) is 3. The number of nitrogens with zero attached hydrogens (tertiary/aromatic N) is 1. The third-order valence-electron chi connectivity index (χ3n) is 1.39. The molecule has 0 bridgehead atoms. The van der Waals surface area contributed by atoms with E-state index in [-0.39, 0.29) is 6.42 Å². The molecule has 0 fully saturated rings. The van der Waals surface area contributed by atoms with Crippen LogP contribution in [0.3, 0.4) is 0 Å². The monoisotopic (exact) mass is 193 g/mol. The fourth-order valence-corrected chi connectivity index (χ4v) is 0.757. The van der Waals surface area contributed by atoms with E-state index in [9.17, 15) is 9.18 Å². The minimum absolute atomic E-state index is 0.0192. The van der Waals surface area contributed by atoms with Crippen LogP contribution in [0.5, 0.6) is 0 Å². The first kappa shape index (κ1) is 10.2. The second-order valence-electron chi connectivity index (χ2n) is 2.40. The molecule has 0 radical (unpaired) electrons. The van der Waals surface area contributed by atoms with Gasteiger partial charge >= 0.3 is 5.97 Å². The average Bonchev–Trinajstić information content (AvgIpc) is 2.17. The molecular weight excluding hydrogens is 185 g/mol. The van der Waals surface area contributed by atoms with Crippen molar-refractivity contribution in [3.8, 4) is 11.8 Å². The van der Waals surface area contributed by atoms with Gasteiger partial charge in [-0.2, -0.15) is 4.39 Å².